The minimum atomic E-state index is -0.915. The Morgan fingerprint density at radius 2 is 1.27 bits per heavy atom. The summed E-state index contributed by atoms with van der Waals surface area (Å²) in [5.41, 5.74) is 0. The van der Waals surface area contributed by atoms with Crippen molar-refractivity contribution in [2.75, 3.05) is 13.2 Å². The Balaban J connectivity index is 3.32. The quantitative estimate of drug-likeness (QED) is 0.293. The van der Waals surface area contributed by atoms with E-state index in [-0.39, 0.29) is 26.1 Å². The molecule has 2 unspecified atom stereocenters. The van der Waals surface area contributed by atoms with Crippen molar-refractivity contribution in [2.24, 2.45) is 0 Å². The predicted octanol–water partition coefficient (Wildman–Crippen LogP) is -2.02. The molecule has 11 heavy (non-hydrogen) atoms. The van der Waals surface area contributed by atoms with E-state index in [4.69, 9.17) is 20.4 Å². The van der Waals surface area contributed by atoms with E-state index in [2.05, 4.69) is 5.32 Å². The molecule has 0 rings (SSSR count). The Morgan fingerprint density at radius 3 is 1.55 bits per heavy atom. The lowest BCUT2D eigenvalue weighted by molar-refractivity contribution is 0.0178. The zero-order valence-electron chi connectivity index (χ0n) is 6.27. The van der Waals surface area contributed by atoms with Crippen LogP contribution in [-0.4, -0.2) is 46.1 Å². The second kappa shape index (κ2) is 6.51. The fourth-order valence-electron chi connectivity index (χ4n) is 0.633. The van der Waals surface area contributed by atoms with Gasteiger partial charge in [-0.2, -0.15) is 0 Å². The maximum atomic E-state index is 8.93. The minimum Gasteiger partial charge on any atom is -0.396 e. The molecule has 0 aliphatic heterocycles. The van der Waals surface area contributed by atoms with Crippen molar-refractivity contribution in [3.05, 3.63) is 0 Å². The number of hydrogen-bond donors (Lipinski definition) is 5. The van der Waals surface area contributed by atoms with Gasteiger partial charge in [-0.05, 0) is 0 Å². The van der Waals surface area contributed by atoms with Crippen molar-refractivity contribution in [3.63, 3.8) is 0 Å². The van der Waals surface area contributed by atoms with E-state index >= 15 is 0 Å². The zero-order chi connectivity index (χ0) is 8.69. The molecular weight excluding hydrogens is 150 g/mol. The molecule has 0 saturated heterocycles. The topological polar surface area (TPSA) is 93.0 Å². The highest BCUT2D eigenvalue weighted by molar-refractivity contribution is 4.56. The van der Waals surface area contributed by atoms with Crippen molar-refractivity contribution in [1.29, 1.82) is 0 Å². The van der Waals surface area contributed by atoms with E-state index < -0.39 is 12.5 Å². The summed E-state index contributed by atoms with van der Waals surface area (Å²) in [6.45, 7) is -0.278. The van der Waals surface area contributed by atoms with Crippen molar-refractivity contribution >= 4 is 0 Å². The first-order valence-electron chi connectivity index (χ1n) is 3.54. The number of hydrogen-bond acceptors (Lipinski definition) is 5. The molecule has 0 radical (unpaired) electrons. The van der Waals surface area contributed by atoms with E-state index in [1.54, 1.807) is 0 Å². The van der Waals surface area contributed by atoms with Crippen LogP contribution in [0.15, 0.2) is 0 Å². The average molecular weight is 165 g/mol. The molecule has 0 spiro atoms. The van der Waals surface area contributed by atoms with Gasteiger partial charge in [0.05, 0.1) is 0 Å². The van der Waals surface area contributed by atoms with Gasteiger partial charge < -0.3 is 20.4 Å². The zero-order valence-corrected chi connectivity index (χ0v) is 6.27. The van der Waals surface area contributed by atoms with Gasteiger partial charge in [-0.15, -0.1) is 0 Å². The van der Waals surface area contributed by atoms with Crippen LogP contribution in [0, 0.1) is 0 Å². The standard InChI is InChI=1S/C6H15NO4/c8-3-1-5(10)7-6(11)2-4-9/h5-11H,1-4H2. The summed E-state index contributed by atoms with van der Waals surface area (Å²) >= 11 is 0. The second-order valence-electron chi connectivity index (χ2n) is 2.22. The van der Waals surface area contributed by atoms with E-state index in [1.165, 1.54) is 0 Å². The van der Waals surface area contributed by atoms with Gasteiger partial charge in [0.25, 0.3) is 0 Å². The van der Waals surface area contributed by atoms with Gasteiger partial charge in [0.2, 0.25) is 0 Å². The molecule has 5 heteroatoms. The third-order valence-electron chi connectivity index (χ3n) is 1.19. The van der Waals surface area contributed by atoms with Crippen molar-refractivity contribution < 1.29 is 20.4 Å². The second-order valence-corrected chi connectivity index (χ2v) is 2.22. The summed E-state index contributed by atoms with van der Waals surface area (Å²) < 4.78 is 0. The van der Waals surface area contributed by atoms with Crippen LogP contribution in [0.3, 0.4) is 0 Å². The summed E-state index contributed by atoms with van der Waals surface area (Å²) in [7, 11) is 0. The van der Waals surface area contributed by atoms with Gasteiger partial charge in [0.15, 0.2) is 0 Å². The fraction of sp³-hybridized carbons (Fsp3) is 1.00. The highest BCUT2D eigenvalue weighted by Gasteiger charge is 2.07. The highest BCUT2D eigenvalue weighted by Crippen LogP contribution is 1.90. The SMILES string of the molecule is OCCC(O)NC(O)CCO. The van der Waals surface area contributed by atoms with Crippen LogP contribution in [0.5, 0.6) is 0 Å². The van der Waals surface area contributed by atoms with Gasteiger partial charge in [-0.25, -0.2) is 0 Å². The smallest absolute Gasteiger partial charge is 0.109 e. The van der Waals surface area contributed by atoms with Crippen molar-refractivity contribution in [1.82, 2.24) is 5.32 Å². The van der Waals surface area contributed by atoms with E-state index in [0.717, 1.165) is 0 Å². The lowest BCUT2D eigenvalue weighted by atomic mass is 10.3. The normalized spacial score (nSPS) is 16.4. The Kier molecular flexibility index (Phi) is 6.39. The lowest BCUT2D eigenvalue weighted by Crippen LogP contribution is -2.39. The molecule has 0 amide bonds. The highest BCUT2D eigenvalue weighted by atomic mass is 16.3. The van der Waals surface area contributed by atoms with Crippen molar-refractivity contribution in [3.8, 4) is 0 Å². The van der Waals surface area contributed by atoms with Crippen LogP contribution in [0.4, 0.5) is 0 Å². The average Bonchev–Trinajstić information content (AvgIpc) is 1.87. The Hall–Kier alpha value is -0.200. The number of rotatable bonds is 6. The first kappa shape index (κ1) is 10.8. The molecule has 0 fully saturated rings. The third kappa shape index (κ3) is 6.21. The van der Waals surface area contributed by atoms with Crippen LogP contribution in [0.2, 0.25) is 0 Å². The Bertz CT molecular complexity index is 80.7. The van der Waals surface area contributed by atoms with Crippen LogP contribution in [0.25, 0.3) is 0 Å². The molecular formula is C6H15NO4. The summed E-state index contributed by atoms with van der Waals surface area (Å²) in [5, 5.41) is 36.9. The summed E-state index contributed by atoms with van der Waals surface area (Å²) in [6.07, 6.45) is -1.49. The maximum Gasteiger partial charge on any atom is 0.109 e. The molecule has 0 saturated carbocycles. The van der Waals surface area contributed by atoms with E-state index in [1.807, 2.05) is 0 Å². The number of aliphatic hydroxyl groups excluding tert-OH is 4. The van der Waals surface area contributed by atoms with Gasteiger partial charge in [0, 0.05) is 26.1 Å². The van der Waals surface area contributed by atoms with E-state index in [9.17, 15) is 0 Å². The number of nitrogens with one attached hydrogen (secondary N) is 1. The molecule has 2 atom stereocenters. The monoisotopic (exact) mass is 165 g/mol. The summed E-state index contributed by atoms with van der Waals surface area (Å²) in [5.74, 6) is 0. The molecule has 5 nitrogen and oxygen atoms in total. The maximum absolute atomic E-state index is 8.93. The van der Waals surface area contributed by atoms with Crippen molar-refractivity contribution in [2.45, 2.75) is 25.3 Å². The molecule has 68 valence electrons. The molecule has 0 aromatic heterocycles. The van der Waals surface area contributed by atoms with Gasteiger partial charge >= 0.3 is 0 Å². The summed E-state index contributed by atoms with van der Waals surface area (Å²) in [6, 6.07) is 0. The molecule has 0 aliphatic carbocycles. The van der Waals surface area contributed by atoms with E-state index in [0.29, 0.717) is 0 Å². The van der Waals surface area contributed by atoms with Gasteiger partial charge in [-0.3, -0.25) is 5.32 Å². The minimum absolute atomic E-state index is 0.139. The molecule has 0 aliphatic rings. The van der Waals surface area contributed by atoms with Crippen LogP contribution in [-0.2, 0) is 0 Å². The first-order valence-corrected chi connectivity index (χ1v) is 3.54. The predicted molar refractivity (Wildman–Crippen MR) is 38.6 cm³/mol. The molecule has 0 aromatic rings. The number of aliphatic hydroxyl groups is 4. The van der Waals surface area contributed by atoms with Crippen LogP contribution >= 0.6 is 0 Å². The molecule has 0 bridgehead atoms. The largest absolute Gasteiger partial charge is 0.396 e. The molecule has 5 N–H and O–H groups in total. The summed E-state index contributed by atoms with van der Waals surface area (Å²) in [4.78, 5) is 0. The molecule has 0 heterocycles. The Labute approximate surface area is 65.3 Å². The Morgan fingerprint density at radius 1 is 0.909 bits per heavy atom. The van der Waals surface area contributed by atoms with Gasteiger partial charge in [0.1, 0.15) is 12.5 Å². The fourth-order valence-corrected chi connectivity index (χ4v) is 0.633. The first-order chi connectivity index (χ1) is 5.20. The third-order valence-corrected chi connectivity index (χ3v) is 1.19. The van der Waals surface area contributed by atoms with Crippen LogP contribution in [0.1, 0.15) is 12.8 Å². The van der Waals surface area contributed by atoms with Crippen LogP contribution < -0.4 is 5.32 Å². The molecule has 0 aromatic carbocycles. The lowest BCUT2D eigenvalue weighted by Gasteiger charge is -2.15. The van der Waals surface area contributed by atoms with Gasteiger partial charge in [-0.1, -0.05) is 0 Å².